The first kappa shape index (κ1) is 25.8. The third kappa shape index (κ3) is 6.88. The number of carbonyl (C=O) groups is 2. The number of fused-ring (bicyclic) bond motifs is 1. The normalized spacial score (nSPS) is 11.9. The number of esters is 1. The van der Waals surface area contributed by atoms with E-state index in [0.29, 0.717) is 25.5 Å². The van der Waals surface area contributed by atoms with Gasteiger partial charge < -0.3 is 19.4 Å². The Labute approximate surface area is 217 Å². The molecule has 1 amide bonds. The summed E-state index contributed by atoms with van der Waals surface area (Å²) in [6, 6.07) is 25.8. The van der Waals surface area contributed by atoms with Gasteiger partial charge in [-0.2, -0.15) is 0 Å². The molecular weight excluding hydrogens is 464 g/mol. The number of ether oxygens (including phenoxy) is 2. The fourth-order valence-electron chi connectivity index (χ4n) is 4.16. The van der Waals surface area contributed by atoms with Crippen LogP contribution in [0.2, 0.25) is 0 Å². The quantitative estimate of drug-likeness (QED) is 0.213. The number of carbonyl (C=O) groups excluding carboxylic acids is 2. The van der Waals surface area contributed by atoms with Gasteiger partial charge in [0.25, 0.3) is 0 Å². The summed E-state index contributed by atoms with van der Waals surface area (Å²) in [5.74, 6) is -0.165. The average molecular weight is 497 g/mol. The molecule has 0 saturated heterocycles. The van der Waals surface area contributed by atoms with Crippen molar-refractivity contribution >= 4 is 29.0 Å². The Bertz CT molecular complexity index is 1360. The predicted octanol–water partition coefficient (Wildman–Crippen LogP) is 5.72. The monoisotopic (exact) mass is 496 g/mol. The van der Waals surface area contributed by atoms with Crippen LogP contribution in [0.25, 0.3) is 17.1 Å². The number of hydrogen-bond acceptors (Lipinski definition) is 4. The van der Waals surface area contributed by atoms with Gasteiger partial charge in [0.2, 0.25) is 5.91 Å². The lowest BCUT2D eigenvalue weighted by Crippen LogP contribution is -2.29. The van der Waals surface area contributed by atoms with E-state index >= 15 is 0 Å². The molecule has 6 heteroatoms. The van der Waals surface area contributed by atoms with Crippen molar-refractivity contribution < 1.29 is 19.1 Å². The van der Waals surface area contributed by atoms with E-state index < -0.39 is 11.9 Å². The molecule has 0 aliphatic carbocycles. The summed E-state index contributed by atoms with van der Waals surface area (Å²) in [5.41, 5.74) is 3.97. The molecule has 4 rings (SSSR count). The van der Waals surface area contributed by atoms with Crippen molar-refractivity contribution in [1.29, 1.82) is 0 Å². The lowest BCUT2D eigenvalue weighted by atomic mass is 9.99. The number of hydrogen-bond donors (Lipinski definition) is 1. The van der Waals surface area contributed by atoms with E-state index in [-0.39, 0.29) is 5.91 Å². The Kier molecular flexibility index (Phi) is 8.76. The molecular formula is C31H32N2O4. The fraction of sp³-hybridized carbons (Fsp3) is 0.226. The van der Waals surface area contributed by atoms with E-state index in [0.717, 1.165) is 28.5 Å². The highest BCUT2D eigenvalue weighted by Gasteiger charge is 2.20. The minimum Gasteiger partial charge on any atom is -0.489 e. The van der Waals surface area contributed by atoms with E-state index in [2.05, 4.69) is 17.4 Å². The predicted molar refractivity (Wildman–Crippen MR) is 146 cm³/mol. The van der Waals surface area contributed by atoms with Crippen molar-refractivity contribution in [3.8, 4) is 5.75 Å². The summed E-state index contributed by atoms with van der Waals surface area (Å²) in [6.07, 6.45) is 5.70. The Balaban J connectivity index is 1.56. The molecule has 190 valence electrons. The van der Waals surface area contributed by atoms with E-state index in [9.17, 15) is 9.59 Å². The minimum absolute atomic E-state index is 0.0556. The van der Waals surface area contributed by atoms with Crippen LogP contribution in [0.1, 0.15) is 36.5 Å². The third-order valence-corrected chi connectivity index (χ3v) is 6.16. The molecule has 0 saturated carbocycles. The lowest BCUT2D eigenvalue weighted by Gasteiger charge is -2.12. The number of benzene rings is 3. The first-order valence-corrected chi connectivity index (χ1v) is 12.5. The van der Waals surface area contributed by atoms with Crippen LogP contribution in [-0.2, 0) is 27.4 Å². The fourth-order valence-corrected chi connectivity index (χ4v) is 4.16. The molecule has 0 spiro atoms. The van der Waals surface area contributed by atoms with Crippen LogP contribution < -0.4 is 10.1 Å². The number of nitrogens with one attached hydrogen (secondary N) is 1. The van der Waals surface area contributed by atoms with E-state index in [1.54, 1.807) is 13.1 Å². The maximum Gasteiger partial charge on any atom is 0.332 e. The van der Waals surface area contributed by atoms with Crippen LogP contribution in [0.4, 0.5) is 0 Å². The second kappa shape index (κ2) is 12.6. The standard InChI is InChI=1S/C31H32N2O4/c1-3-36-30(34)17-19-33-21-28(23(2)31(35)32-18-16-24-10-6-4-7-11-24)27-20-26(14-15-29(27)33)37-22-25-12-8-5-9-13-25/h4-15,17,19-21,23H,3,16,18,22H2,1-2H3,(H,32,35). The van der Waals surface area contributed by atoms with Crippen molar-refractivity contribution in [3.63, 3.8) is 0 Å². The molecule has 6 nitrogen and oxygen atoms in total. The number of rotatable bonds is 11. The lowest BCUT2D eigenvalue weighted by molar-refractivity contribution is -0.137. The molecule has 0 bridgehead atoms. The zero-order valence-corrected chi connectivity index (χ0v) is 21.2. The number of amides is 1. The number of nitrogens with zero attached hydrogens (tertiary/aromatic N) is 1. The molecule has 37 heavy (non-hydrogen) atoms. The van der Waals surface area contributed by atoms with Gasteiger partial charge in [-0.15, -0.1) is 0 Å². The summed E-state index contributed by atoms with van der Waals surface area (Å²) >= 11 is 0. The van der Waals surface area contributed by atoms with Crippen molar-refractivity contribution in [2.24, 2.45) is 0 Å². The SMILES string of the molecule is CCOC(=O)C=Cn1cc(C(C)C(=O)NCCc2ccccc2)c2cc(OCc3ccccc3)ccc21. The molecule has 0 aliphatic heterocycles. The van der Waals surface area contributed by atoms with E-state index in [1.807, 2.05) is 84.4 Å². The highest BCUT2D eigenvalue weighted by atomic mass is 16.5. The summed E-state index contributed by atoms with van der Waals surface area (Å²) < 4.78 is 12.9. The molecule has 4 aromatic rings. The Hall–Kier alpha value is -4.32. The molecule has 1 unspecified atom stereocenters. The summed E-state index contributed by atoms with van der Waals surface area (Å²) in [6.45, 7) is 4.97. The van der Waals surface area contributed by atoms with Crippen LogP contribution in [-0.4, -0.2) is 29.6 Å². The maximum absolute atomic E-state index is 13.1. The second-order valence-corrected chi connectivity index (χ2v) is 8.76. The molecule has 0 aliphatic rings. The Morgan fingerprint density at radius 2 is 1.68 bits per heavy atom. The van der Waals surface area contributed by atoms with E-state index in [4.69, 9.17) is 9.47 Å². The van der Waals surface area contributed by atoms with Crippen molar-refractivity contribution in [1.82, 2.24) is 9.88 Å². The molecule has 1 aromatic heterocycles. The van der Waals surface area contributed by atoms with Gasteiger partial charge in [0.1, 0.15) is 12.4 Å². The summed E-state index contributed by atoms with van der Waals surface area (Å²) in [4.78, 5) is 25.0. The van der Waals surface area contributed by atoms with Gasteiger partial charge in [0.15, 0.2) is 0 Å². The zero-order valence-electron chi connectivity index (χ0n) is 21.2. The van der Waals surface area contributed by atoms with Crippen LogP contribution in [0.5, 0.6) is 5.75 Å². The van der Waals surface area contributed by atoms with Gasteiger partial charge in [0, 0.05) is 30.4 Å². The number of aromatic nitrogens is 1. The van der Waals surface area contributed by atoms with Gasteiger partial charge in [-0.25, -0.2) is 4.79 Å². The van der Waals surface area contributed by atoms with Crippen LogP contribution in [0, 0.1) is 0 Å². The smallest absolute Gasteiger partial charge is 0.332 e. The van der Waals surface area contributed by atoms with Crippen LogP contribution in [0.15, 0.2) is 91.1 Å². The van der Waals surface area contributed by atoms with Gasteiger partial charge in [0.05, 0.1) is 18.0 Å². The molecule has 1 heterocycles. The summed E-state index contributed by atoms with van der Waals surface area (Å²) in [5, 5.41) is 3.95. The molecule has 1 atom stereocenters. The highest BCUT2D eigenvalue weighted by Crippen LogP contribution is 2.31. The van der Waals surface area contributed by atoms with Crippen molar-refractivity contribution in [2.75, 3.05) is 13.2 Å². The molecule has 0 fully saturated rings. The van der Waals surface area contributed by atoms with Gasteiger partial charge >= 0.3 is 5.97 Å². The average Bonchev–Trinajstić information content (AvgIpc) is 3.29. The van der Waals surface area contributed by atoms with Gasteiger partial charge in [-0.05, 0) is 55.2 Å². The first-order valence-electron chi connectivity index (χ1n) is 12.5. The zero-order chi connectivity index (χ0) is 26.0. The van der Waals surface area contributed by atoms with Gasteiger partial charge in [-0.3, -0.25) is 4.79 Å². The van der Waals surface area contributed by atoms with E-state index in [1.165, 1.54) is 11.6 Å². The topological polar surface area (TPSA) is 69.6 Å². The van der Waals surface area contributed by atoms with Crippen molar-refractivity contribution in [2.45, 2.75) is 32.8 Å². The maximum atomic E-state index is 13.1. The largest absolute Gasteiger partial charge is 0.489 e. The minimum atomic E-state index is -0.416. The van der Waals surface area contributed by atoms with Gasteiger partial charge in [-0.1, -0.05) is 60.7 Å². The first-order chi connectivity index (χ1) is 18.0. The molecule has 1 N–H and O–H groups in total. The third-order valence-electron chi connectivity index (χ3n) is 6.16. The van der Waals surface area contributed by atoms with Crippen LogP contribution >= 0.6 is 0 Å². The van der Waals surface area contributed by atoms with Crippen LogP contribution in [0.3, 0.4) is 0 Å². The Morgan fingerprint density at radius 1 is 0.973 bits per heavy atom. The summed E-state index contributed by atoms with van der Waals surface area (Å²) in [7, 11) is 0. The molecule has 0 radical (unpaired) electrons. The highest BCUT2D eigenvalue weighted by molar-refractivity contribution is 5.94. The Morgan fingerprint density at radius 3 is 2.38 bits per heavy atom. The van der Waals surface area contributed by atoms with Crippen molar-refractivity contribution in [3.05, 3.63) is 108 Å². The second-order valence-electron chi connectivity index (χ2n) is 8.76. The molecule has 3 aromatic carbocycles.